The average molecular weight is 557 g/mol. The zero-order valence-corrected chi connectivity index (χ0v) is 22.8. The van der Waals surface area contributed by atoms with E-state index < -0.39 is 23.2 Å². The fourth-order valence-electron chi connectivity index (χ4n) is 5.95. The van der Waals surface area contributed by atoms with Gasteiger partial charge in [-0.05, 0) is 26.0 Å². The first-order valence-corrected chi connectivity index (χ1v) is 13.5. The number of para-hydroxylation sites is 1. The molecule has 1 unspecified atom stereocenters. The van der Waals surface area contributed by atoms with Crippen LogP contribution < -0.4 is 4.90 Å². The first kappa shape index (κ1) is 25.5. The second-order valence-electron chi connectivity index (χ2n) is 10.9. The number of fused-ring (bicyclic) bond motifs is 3. The fourth-order valence-corrected chi connectivity index (χ4v) is 5.95. The molecule has 0 saturated heterocycles. The standard InChI is InChI=1S/C33H24N4O5/c1-33(2)32(27-30(41)29(40)23-14-8-9-15-24(23)31(27)42-33)37-18-19(34-35-37)17-36(20-10-4-3-5-11-20)25-16-26(38)21-12-6-7-13-22(21)28(25)39/h3-16,18,32H,17H2,1-2H3. The van der Waals surface area contributed by atoms with Gasteiger partial charge >= 0.3 is 0 Å². The number of hydrogen-bond donors (Lipinski definition) is 0. The lowest BCUT2D eigenvalue weighted by Crippen LogP contribution is -2.35. The molecule has 206 valence electrons. The molecule has 0 N–H and O–H groups in total. The van der Waals surface area contributed by atoms with Crippen LogP contribution in [-0.2, 0) is 16.1 Å². The van der Waals surface area contributed by atoms with Crippen molar-refractivity contribution in [3.05, 3.63) is 130 Å². The second-order valence-corrected chi connectivity index (χ2v) is 10.9. The summed E-state index contributed by atoms with van der Waals surface area (Å²) in [4.78, 5) is 54.7. The van der Waals surface area contributed by atoms with Gasteiger partial charge in [0.15, 0.2) is 5.78 Å². The molecular weight excluding hydrogens is 532 g/mol. The normalized spacial score (nSPS) is 18.7. The summed E-state index contributed by atoms with van der Waals surface area (Å²) in [5, 5.41) is 8.73. The summed E-state index contributed by atoms with van der Waals surface area (Å²) in [7, 11) is 0. The smallest absolute Gasteiger partial charge is 0.235 e. The van der Waals surface area contributed by atoms with Crippen LogP contribution in [0, 0.1) is 0 Å². The Balaban J connectivity index is 1.27. The molecule has 3 aromatic carbocycles. The number of ketones is 4. The Morgan fingerprint density at radius 3 is 2.12 bits per heavy atom. The number of anilines is 1. The van der Waals surface area contributed by atoms with Gasteiger partial charge in [-0.3, -0.25) is 19.2 Å². The summed E-state index contributed by atoms with van der Waals surface area (Å²) in [6.45, 7) is 3.79. The first-order chi connectivity index (χ1) is 20.2. The van der Waals surface area contributed by atoms with Crippen LogP contribution in [0.25, 0.3) is 5.76 Å². The third-order valence-corrected chi connectivity index (χ3v) is 7.85. The molecule has 1 aromatic heterocycles. The maximum absolute atomic E-state index is 13.6. The predicted octanol–water partition coefficient (Wildman–Crippen LogP) is 4.77. The number of aromatic nitrogens is 3. The average Bonchev–Trinajstić information content (AvgIpc) is 3.57. The van der Waals surface area contributed by atoms with Gasteiger partial charge in [0.2, 0.25) is 17.3 Å². The number of Topliss-reactive ketones (excluding diaryl/α,β-unsaturated/α-hetero) is 3. The highest BCUT2D eigenvalue weighted by molar-refractivity contribution is 6.52. The van der Waals surface area contributed by atoms with E-state index in [0.717, 1.165) is 0 Å². The summed E-state index contributed by atoms with van der Waals surface area (Å²) in [5.74, 6) is -1.36. The summed E-state index contributed by atoms with van der Waals surface area (Å²) in [5.41, 5.74) is 2.33. The SMILES string of the molecule is CC1(C)OC2=C(C(=O)C(=O)c3ccccc32)C1n1cc(CN(C2=CC(=O)c3ccccc3C2=O)c2ccccc2)nn1. The van der Waals surface area contributed by atoms with Crippen LogP contribution >= 0.6 is 0 Å². The molecule has 1 aliphatic heterocycles. The fraction of sp³-hybridized carbons (Fsp3) is 0.152. The van der Waals surface area contributed by atoms with Crippen LogP contribution in [0.2, 0.25) is 0 Å². The highest BCUT2D eigenvalue weighted by Crippen LogP contribution is 2.49. The summed E-state index contributed by atoms with van der Waals surface area (Å²) >= 11 is 0. The number of hydrogen-bond acceptors (Lipinski definition) is 8. The van der Waals surface area contributed by atoms with Gasteiger partial charge in [0, 0.05) is 34.0 Å². The van der Waals surface area contributed by atoms with Crippen molar-refractivity contribution >= 4 is 34.6 Å². The van der Waals surface area contributed by atoms with Crippen molar-refractivity contribution in [1.29, 1.82) is 0 Å². The molecule has 7 rings (SSSR count). The Labute approximate surface area is 240 Å². The van der Waals surface area contributed by atoms with Crippen LogP contribution in [0.4, 0.5) is 5.69 Å². The van der Waals surface area contributed by atoms with Crippen LogP contribution in [0.5, 0.6) is 0 Å². The van der Waals surface area contributed by atoms with Gasteiger partial charge in [-0.2, -0.15) is 0 Å². The third kappa shape index (κ3) is 3.85. The van der Waals surface area contributed by atoms with Crippen LogP contribution in [0.1, 0.15) is 62.2 Å². The van der Waals surface area contributed by atoms with E-state index in [2.05, 4.69) is 10.3 Å². The Kier molecular flexibility index (Phi) is 5.65. The molecule has 2 aliphatic carbocycles. The number of benzene rings is 3. The van der Waals surface area contributed by atoms with Gasteiger partial charge in [0.05, 0.1) is 24.0 Å². The summed E-state index contributed by atoms with van der Waals surface area (Å²) in [6, 6.07) is 22.2. The van der Waals surface area contributed by atoms with Gasteiger partial charge < -0.3 is 9.64 Å². The number of allylic oxidation sites excluding steroid dienone is 2. The zero-order chi connectivity index (χ0) is 29.2. The molecule has 0 bridgehead atoms. The molecule has 2 heterocycles. The lowest BCUT2D eigenvalue weighted by molar-refractivity contribution is -0.112. The minimum atomic E-state index is -0.917. The van der Waals surface area contributed by atoms with Crippen molar-refractivity contribution in [2.45, 2.75) is 32.0 Å². The number of nitrogens with zero attached hydrogens (tertiary/aromatic N) is 4. The van der Waals surface area contributed by atoms with Crippen molar-refractivity contribution in [2.24, 2.45) is 0 Å². The van der Waals surface area contributed by atoms with Crippen molar-refractivity contribution in [2.75, 3.05) is 4.90 Å². The van der Waals surface area contributed by atoms with E-state index in [1.54, 1.807) is 59.6 Å². The Hall–Kier alpha value is -5.44. The maximum atomic E-state index is 13.6. The Morgan fingerprint density at radius 2 is 1.40 bits per heavy atom. The topological polar surface area (TPSA) is 111 Å². The summed E-state index contributed by atoms with van der Waals surface area (Å²) < 4.78 is 7.83. The largest absolute Gasteiger partial charge is 0.484 e. The minimum Gasteiger partial charge on any atom is -0.484 e. The van der Waals surface area contributed by atoms with E-state index in [9.17, 15) is 19.2 Å². The van der Waals surface area contributed by atoms with Crippen molar-refractivity contribution in [1.82, 2.24) is 15.0 Å². The molecule has 0 spiro atoms. The molecule has 9 nitrogen and oxygen atoms in total. The van der Waals surface area contributed by atoms with E-state index in [0.29, 0.717) is 39.4 Å². The summed E-state index contributed by atoms with van der Waals surface area (Å²) in [6.07, 6.45) is 3.04. The monoisotopic (exact) mass is 556 g/mol. The molecule has 4 aromatic rings. The molecular formula is C33H24N4O5. The Bertz CT molecular complexity index is 1900. The lowest BCUT2D eigenvalue weighted by atomic mass is 9.83. The number of rotatable bonds is 5. The van der Waals surface area contributed by atoms with Crippen molar-refractivity contribution in [3.8, 4) is 0 Å². The van der Waals surface area contributed by atoms with Gasteiger partial charge in [0.1, 0.15) is 23.1 Å². The van der Waals surface area contributed by atoms with Crippen molar-refractivity contribution in [3.63, 3.8) is 0 Å². The molecule has 0 amide bonds. The van der Waals surface area contributed by atoms with E-state index >= 15 is 0 Å². The predicted molar refractivity (Wildman–Crippen MR) is 153 cm³/mol. The van der Waals surface area contributed by atoms with Gasteiger partial charge in [-0.1, -0.05) is 71.9 Å². The molecule has 1 atom stereocenters. The highest BCUT2D eigenvalue weighted by atomic mass is 16.5. The maximum Gasteiger partial charge on any atom is 0.235 e. The van der Waals surface area contributed by atoms with Crippen LogP contribution in [-0.4, -0.2) is 43.7 Å². The lowest BCUT2D eigenvalue weighted by Gasteiger charge is -2.28. The molecule has 0 saturated carbocycles. The number of carbonyl (C=O) groups excluding carboxylic acids is 4. The van der Waals surface area contributed by atoms with Crippen LogP contribution in [0.15, 0.2) is 102 Å². The quantitative estimate of drug-likeness (QED) is 0.323. The third-order valence-electron chi connectivity index (χ3n) is 7.85. The Morgan fingerprint density at radius 1 is 0.786 bits per heavy atom. The van der Waals surface area contributed by atoms with E-state index in [4.69, 9.17) is 4.74 Å². The van der Waals surface area contributed by atoms with Gasteiger partial charge in [-0.25, -0.2) is 4.68 Å². The second kappa shape index (κ2) is 9.31. The van der Waals surface area contributed by atoms with E-state index in [1.165, 1.54) is 10.8 Å². The number of carbonyl (C=O) groups is 4. The minimum absolute atomic E-state index is 0.118. The molecule has 3 aliphatic rings. The molecule has 9 heteroatoms. The van der Waals surface area contributed by atoms with E-state index in [1.807, 2.05) is 44.2 Å². The van der Waals surface area contributed by atoms with Gasteiger partial charge in [0.25, 0.3) is 0 Å². The zero-order valence-electron chi connectivity index (χ0n) is 22.8. The van der Waals surface area contributed by atoms with Crippen LogP contribution in [0.3, 0.4) is 0 Å². The van der Waals surface area contributed by atoms with E-state index in [-0.39, 0.29) is 29.4 Å². The highest BCUT2D eigenvalue weighted by Gasteiger charge is 2.52. The van der Waals surface area contributed by atoms with Gasteiger partial charge in [-0.15, -0.1) is 5.10 Å². The first-order valence-electron chi connectivity index (χ1n) is 13.5. The molecule has 0 radical (unpaired) electrons. The molecule has 42 heavy (non-hydrogen) atoms. The number of ether oxygens (including phenoxy) is 1. The molecule has 0 fully saturated rings. The van der Waals surface area contributed by atoms with Crippen molar-refractivity contribution < 1.29 is 23.9 Å².